The monoisotopic (exact) mass is 406 g/mol. The molecular formula is C17H22N6O2S2. The van der Waals surface area contributed by atoms with E-state index in [9.17, 15) is 8.42 Å². The van der Waals surface area contributed by atoms with E-state index < -0.39 is 10.2 Å². The summed E-state index contributed by atoms with van der Waals surface area (Å²) in [4.78, 5) is 12.1. The van der Waals surface area contributed by atoms with Crippen molar-refractivity contribution >= 4 is 33.5 Å². The van der Waals surface area contributed by atoms with Gasteiger partial charge in [-0.05, 0) is 17.7 Å². The van der Waals surface area contributed by atoms with Crippen molar-refractivity contribution in [3.63, 3.8) is 0 Å². The maximum absolute atomic E-state index is 12.2. The third-order valence-corrected chi connectivity index (χ3v) is 7.70. The molecule has 0 unspecified atom stereocenters. The number of fused-ring (bicyclic) bond motifs is 2. The number of hydrogen-bond acceptors (Lipinski definition) is 7. The van der Waals surface area contributed by atoms with Gasteiger partial charge in [-0.15, -0.1) is 0 Å². The third-order valence-electron chi connectivity index (χ3n) is 4.69. The smallest absolute Gasteiger partial charge is 0.281 e. The highest BCUT2D eigenvalue weighted by Gasteiger charge is 2.28. The van der Waals surface area contributed by atoms with Gasteiger partial charge in [0.05, 0.1) is 5.69 Å². The zero-order valence-electron chi connectivity index (χ0n) is 15.3. The normalized spacial score (nSPS) is 18.0. The van der Waals surface area contributed by atoms with Gasteiger partial charge in [-0.25, -0.2) is 9.97 Å². The number of nitrogens with zero attached hydrogens (tertiary/aromatic N) is 5. The van der Waals surface area contributed by atoms with E-state index in [1.165, 1.54) is 9.87 Å². The van der Waals surface area contributed by atoms with Crippen LogP contribution >= 0.6 is 11.8 Å². The van der Waals surface area contributed by atoms with Gasteiger partial charge in [-0.3, -0.25) is 4.90 Å². The molecule has 144 valence electrons. The summed E-state index contributed by atoms with van der Waals surface area (Å²) >= 11 is 1.62. The molecule has 2 aromatic rings. The van der Waals surface area contributed by atoms with Crippen LogP contribution in [-0.2, 0) is 16.8 Å². The first-order chi connectivity index (χ1) is 12.9. The minimum atomic E-state index is -3.32. The second kappa shape index (κ2) is 7.36. The zero-order valence-corrected chi connectivity index (χ0v) is 16.9. The van der Waals surface area contributed by atoms with Crippen LogP contribution < -0.4 is 5.32 Å². The summed E-state index contributed by atoms with van der Waals surface area (Å²) in [6.07, 6.45) is 3.38. The Kier molecular flexibility index (Phi) is 5.08. The molecule has 1 saturated heterocycles. The number of anilines is 2. The van der Waals surface area contributed by atoms with E-state index in [-0.39, 0.29) is 0 Å². The SMILES string of the molecule is CN(C)S(=O)(=O)N1CCN(Cc2ccc3c(c2)Nc2nccnc2S3)CC1. The molecular weight excluding hydrogens is 384 g/mol. The van der Waals surface area contributed by atoms with Crippen molar-refractivity contribution in [2.75, 3.05) is 45.6 Å². The third kappa shape index (κ3) is 3.81. The molecule has 8 nitrogen and oxygen atoms in total. The summed E-state index contributed by atoms with van der Waals surface area (Å²) < 4.78 is 27.3. The lowest BCUT2D eigenvalue weighted by molar-refractivity contribution is 0.177. The molecule has 27 heavy (non-hydrogen) atoms. The van der Waals surface area contributed by atoms with Gasteiger partial charge in [0.25, 0.3) is 10.2 Å². The molecule has 2 aliphatic heterocycles. The van der Waals surface area contributed by atoms with E-state index in [0.717, 1.165) is 41.1 Å². The molecule has 1 aromatic heterocycles. The molecule has 1 fully saturated rings. The van der Waals surface area contributed by atoms with E-state index in [4.69, 9.17) is 0 Å². The van der Waals surface area contributed by atoms with Gasteiger partial charge in [-0.2, -0.15) is 17.0 Å². The summed E-state index contributed by atoms with van der Waals surface area (Å²) in [5, 5.41) is 4.24. The van der Waals surface area contributed by atoms with Gasteiger partial charge < -0.3 is 5.32 Å². The van der Waals surface area contributed by atoms with E-state index in [1.54, 1.807) is 42.6 Å². The number of nitrogens with one attached hydrogen (secondary N) is 1. The first-order valence-corrected chi connectivity index (χ1v) is 10.9. The molecule has 1 aromatic carbocycles. The van der Waals surface area contributed by atoms with Gasteiger partial charge >= 0.3 is 0 Å². The van der Waals surface area contributed by atoms with Crippen molar-refractivity contribution < 1.29 is 8.42 Å². The first kappa shape index (κ1) is 18.6. The Morgan fingerprint density at radius 2 is 1.89 bits per heavy atom. The summed E-state index contributed by atoms with van der Waals surface area (Å²) in [5.74, 6) is 0.787. The van der Waals surface area contributed by atoms with Crippen LogP contribution in [0.4, 0.5) is 11.5 Å². The summed E-state index contributed by atoms with van der Waals surface area (Å²) in [5.41, 5.74) is 2.23. The quantitative estimate of drug-likeness (QED) is 0.705. The number of rotatable bonds is 4. The van der Waals surface area contributed by atoms with Crippen molar-refractivity contribution in [1.82, 2.24) is 23.5 Å². The number of benzene rings is 1. The fourth-order valence-electron chi connectivity index (χ4n) is 3.19. The van der Waals surface area contributed by atoms with Gasteiger partial charge in [-0.1, -0.05) is 17.8 Å². The Morgan fingerprint density at radius 3 is 2.63 bits per heavy atom. The van der Waals surface area contributed by atoms with E-state index >= 15 is 0 Å². The highest BCUT2D eigenvalue weighted by molar-refractivity contribution is 7.99. The van der Waals surface area contributed by atoms with Gasteiger partial charge in [0.15, 0.2) is 5.82 Å². The fourth-order valence-corrected chi connectivity index (χ4v) is 5.15. The molecule has 2 aliphatic rings. The van der Waals surface area contributed by atoms with Crippen LogP contribution in [0.1, 0.15) is 5.56 Å². The van der Waals surface area contributed by atoms with Crippen molar-refractivity contribution in [3.8, 4) is 0 Å². The molecule has 0 bridgehead atoms. The van der Waals surface area contributed by atoms with Crippen molar-refractivity contribution in [2.45, 2.75) is 16.5 Å². The Balaban J connectivity index is 1.41. The Bertz CT molecular complexity index is 942. The van der Waals surface area contributed by atoms with E-state index in [2.05, 4.69) is 38.4 Å². The molecule has 0 spiro atoms. The van der Waals surface area contributed by atoms with Crippen molar-refractivity contribution in [2.24, 2.45) is 0 Å². The van der Waals surface area contributed by atoms with Crippen LogP contribution in [0.2, 0.25) is 0 Å². The number of piperazine rings is 1. The van der Waals surface area contributed by atoms with Crippen LogP contribution in [-0.4, -0.2) is 72.2 Å². The molecule has 4 rings (SSSR count). The minimum absolute atomic E-state index is 0.516. The van der Waals surface area contributed by atoms with Gasteiger partial charge in [0, 0.05) is 64.1 Å². The van der Waals surface area contributed by atoms with Crippen LogP contribution in [0, 0.1) is 0 Å². The predicted octanol–water partition coefficient (Wildman–Crippen LogP) is 1.61. The highest BCUT2D eigenvalue weighted by atomic mass is 32.2. The topological polar surface area (TPSA) is 81.7 Å². The molecule has 3 heterocycles. The average Bonchev–Trinajstić information content (AvgIpc) is 2.66. The lowest BCUT2D eigenvalue weighted by Gasteiger charge is -2.35. The molecule has 1 N–H and O–H groups in total. The Morgan fingerprint density at radius 1 is 1.15 bits per heavy atom. The maximum Gasteiger partial charge on any atom is 0.281 e. The summed E-state index contributed by atoms with van der Waals surface area (Å²) in [7, 11) is -0.179. The Hall–Kier alpha value is -1.72. The number of hydrogen-bond donors (Lipinski definition) is 1. The van der Waals surface area contributed by atoms with Gasteiger partial charge in [0.1, 0.15) is 5.03 Å². The number of aromatic nitrogens is 2. The van der Waals surface area contributed by atoms with Crippen molar-refractivity contribution in [3.05, 3.63) is 36.2 Å². The predicted molar refractivity (Wildman–Crippen MR) is 105 cm³/mol. The largest absolute Gasteiger partial charge is 0.337 e. The molecule has 0 radical (unpaired) electrons. The molecule has 0 saturated carbocycles. The van der Waals surface area contributed by atoms with Crippen LogP contribution in [0.15, 0.2) is 40.5 Å². The van der Waals surface area contributed by atoms with E-state index in [1.807, 2.05) is 0 Å². The van der Waals surface area contributed by atoms with Crippen molar-refractivity contribution in [1.29, 1.82) is 0 Å². The second-order valence-electron chi connectivity index (χ2n) is 6.73. The average molecular weight is 407 g/mol. The first-order valence-electron chi connectivity index (χ1n) is 8.72. The zero-order chi connectivity index (χ0) is 19.0. The lowest BCUT2D eigenvalue weighted by atomic mass is 10.1. The Labute approximate surface area is 163 Å². The standard InChI is InChI=1S/C17H22N6O2S2/c1-21(2)27(24,25)23-9-7-22(8-10-23)12-13-3-4-15-14(11-13)20-16-17(26-15)19-6-5-18-16/h3-6,11H,7-10,12H2,1-2H3,(H,18,20). The maximum atomic E-state index is 12.2. The van der Waals surface area contributed by atoms with E-state index in [0.29, 0.717) is 13.1 Å². The summed E-state index contributed by atoms with van der Waals surface area (Å²) in [6, 6.07) is 6.37. The molecule has 0 aliphatic carbocycles. The van der Waals surface area contributed by atoms with Gasteiger partial charge in [0.2, 0.25) is 0 Å². The molecule has 10 heteroatoms. The van der Waals surface area contributed by atoms with Crippen LogP contribution in [0.5, 0.6) is 0 Å². The van der Waals surface area contributed by atoms with Crippen LogP contribution in [0.25, 0.3) is 0 Å². The second-order valence-corrected chi connectivity index (χ2v) is 9.91. The minimum Gasteiger partial charge on any atom is -0.337 e. The lowest BCUT2D eigenvalue weighted by Crippen LogP contribution is -2.51. The molecule has 0 atom stereocenters. The fraction of sp³-hybridized carbons (Fsp3) is 0.412. The summed E-state index contributed by atoms with van der Waals surface area (Å²) in [6.45, 7) is 3.27. The van der Waals surface area contributed by atoms with Crippen LogP contribution in [0.3, 0.4) is 0 Å². The molecule has 0 amide bonds. The highest BCUT2D eigenvalue weighted by Crippen LogP contribution is 2.42.